The molecular weight excluding hydrogens is 406 g/mol. The molecule has 0 radical (unpaired) electrons. The van der Waals surface area contributed by atoms with Crippen molar-refractivity contribution in [1.29, 1.82) is 0 Å². The van der Waals surface area contributed by atoms with Gasteiger partial charge in [-0.1, -0.05) is 46.3 Å². The number of hydrogen-bond acceptors (Lipinski definition) is 3. The monoisotopic (exact) mass is 425 g/mol. The SMILES string of the molecule is O=C(c1cc2cc(Br)ccc2oc1=O)N1CCC(Cc2ccccc2)CC1. The molecular formula is C22H20BrNO3. The van der Waals surface area contributed by atoms with Crippen molar-refractivity contribution in [3.05, 3.63) is 80.6 Å². The fourth-order valence-electron chi connectivity index (χ4n) is 3.70. The number of benzene rings is 2. The summed E-state index contributed by atoms with van der Waals surface area (Å²) in [7, 11) is 0. The zero-order chi connectivity index (χ0) is 18.8. The first-order valence-electron chi connectivity index (χ1n) is 9.17. The third kappa shape index (κ3) is 3.98. The Bertz CT molecular complexity index is 1020. The first-order chi connectivity index (χ1) is 13.1. The molecule has 2 heterocycles. The minimum Gasteiger partial charge on any atom is -0.422 e. The second-order valence-electron chi connectivity index (χ2n) is 7.05. The summed E-state index contributed by atoms with van der Waals surface area (Å²) in [6, 6.07) is 17.5. The number of carbonyl (C=O) groups is 1. The molecule has 0 atom stereocenters. The van der Waals surface area contributed by atoms with E-state index in [1.807, 2.05) is 18.2 Å². The smallest absolute Gasteiger partial charge is 0.349 e. The molecule has 1 aliphatic heterocycles. The summed E-state index contributed by atoms with van der Waals surface area (Å²) in [6.45, 7) is 1.35. The number of rotatable bonds is 3. The number of likely N-dealkylation sites (tertiary alicyclic amines) is 1. The maximum absolute atomic E-state index is 12.9. The minimum atomic E-state index is -0.568. The van der Waals surface area contributed by atoms with E-state index in [0.29, 0.717) is 24.6 Å². The molecule has 5 heteroatoms. The average molecular weight is 426 g/mol. The standard InChI is InChI=1S/C22H20BrNO3/c23-18-6-7-20-17(13-18)14-19(22(26)27-20)21(25)24-10-8-16(9-11-24)12-15-4-2-1-3-5-15/h1-7,13-14,16H,8-12H2. The molecule has 0 saturated carbocycles. The molecule has 1 amide bonds. The second-order valence-corrected chi connectivity index (χ2v) is 7.97. The van der Waals surface area contributed by atoms with Crippen molar-refractivity contribution >= 4 is 32.8 Å². The number of nitrogens with zero attached hydrogens (tertiary/aromatic N) is 1. The van der Waals surface area contributed by atoms with E-state index < -0.39 is 5.63 Å². The number of piperidine rings is 1. The number of halogens is 1. The molecule has 3 aromatic rings. The molecule has 1 aliphatic rings. The van der Waals surface area contributed by atoms with Gasteiger partial charge in [0.2, 0.25) is 0 Å². The molecule has 27 heavy (non-hydrogen) atoms. The zero-order valence-electron chi connectivity index (χ0n) is 14.9. The highest BCUT2D eigenvalue weighted by Crippen LogP contribution is 2.24. The van der Waals surface area contributed by atoms with E-state index in [2.05, 4.69) is 40.2 Å². The van der Waals surface area contributed by atoms with E-state index in [1.165, 1.54) is 5.56 Å². The van der Waals surface area contributed by atoms with Crippen LogP contribution in [0.1, 0.15) is 28.8 Å². The summed E-state index contributed by atoms with van der Waals surface area (Å²) in [5.41, 5.74) is 1.37. The number of hydrogen-bond donors (Lipinski definition) is 0. The first-order valence-corrected chi connectivity index (χ1v) is 9.96. The Hall–Kier alpha value is -2.40. The molecule has 0 spiro atoms. The second kappa shape index (κ2) is 7.69. The van der Waals surface area contributed by atoms with Gasteiger partial charge in [0.25, 0.3) is 5.91 Å². The van der Waals surface area contributed by atoms with Crippen LogP contribution in [0, 0.1) is 5.92 Å². The van der Waals surface area contributed by atoms with E-state index in [1.54, 1.807) is 17.0 Å². The molecule has 0 bridgehead atoms. The molecule has 4 nitrogen and oxygen atoms in total. The van der Waals surface area contributed by atoms with Crippen LogP contribution in [0.15, 0.2) is 68.3 Å². The summed E-state index contributed by atoms with van der Waals surface area (Å²) < 4.78 is 6.21. The molecule has 1 fully saturated rings. The van der Waals surface area contributed by atoms with E-state index in [-0.39, 0.29) is 11.5 Å². The molecule has 1 saturated heterocycles. The van der Waals surface area contributed by atoms with Gasteiger partial charge in [0.1, 0.15) is 11.1 Å². The maximum atomic E-state index is 12.9. The fraction of sp³-hybridized carbons (Fsp3) is 0.273. The van der Waals surface area contributed by atoms with Gasteiger partial charge in [0.15, 0.2) is 0 Å². The van der Waals surface area contributed by atoms with Gasteiger partial charge in [-0.15, -0.1) is 0 Å². The highest BCUT2D eigenvalue weighted by atomic mass is 79.9. The van der Waals surface area contributed by atoms with Crippen molar-refractivity contribution in [2.24, 2.45) is 5.92 Å². The van der Waals surface area contributed by atoms with Gasteiger partial charge in [-0.05, 0) is 55.0 Å². The van der Waals surface area contributed by atoms with Crippen LogP contribution < -0.4 is 5.63 Å². The van der Waals surface area contributed by atoms with Crippen LogP contribution in [0.4, 0.5) is 0 Å². The van der Waals surface area contributed by atoms with E-state index in [0.717, 1.165) is 29.1 Å². The van der Waals surface area contributed by atoms with Crippen LogP contribution in [-0.2, 0) is 6.42 Å². The van der Waals surface area contributed by atoms with Crippen LogP contribution in [0.5, 0.6) is 0 Å². The molecule has 1 aromatic heterocycles. The maximum Gasteiger partial charge on any atom is 0.349 e. The highest BCUT2D eigenvalue weighted by molar-refractivity contribution is 9.10. The Balaban J connectivity index is 1.47. The molecule has 0 aliphatic carbocycles. The van der Waals surface area contributed by atoms with Gasteiger partial charge in [-0.25, -0.2) is 4.79 Å². The normalized spacial score (nSPS) is 15.2. The van der Waals surface area contributed by atoms with Gasteiger partial charge in [-0.2, -0.15) is 0 Å². The lowest BCUT2D eigenvalue weighted by molar-refractivity contribution is 0.0686. The summed E-state index contributed by atoms with van der Waals surface area (Å²) in [5, 5.41) is 0.742. The molecule has 0 N–H and O–H groups in total. The van der Waals surface area contributed by atoms with Crippen molar-refractivity contribution < 1.29 is 9.21 Å². The minimum absolute atomic E-state index is 0.113. The van der Waals surface area contributed by atoms with E-state index in [9.17, 15) is 9.59 Å². The zero-order valence-corrected chi connectivity index (χ0v) is 16.4. The topological polar surface area (TPSA) is 50.5 Å². The molecule has 2 aromatic carbocycles. The lowest BCUT2D eigenvalue weighted by Crippen LogP contribution is -2.40. The lowest BCUT2D eigenvalue weighted by atomic mass is 9.90. The largest absolute Gasteiger partial charge is 0.422 e. The van der Waals surface area contributed by atoms with Crippen LogP contribution >= 0.6 is 15.9 Å². The Morgan fingerprint density at radius 2 is 1.81 bits per heavy atom. The molecule has 138 valence electrons. The Morgan fingerprint density at radius 1 is 1.07 bits per heavy atom. The van der Waals surface area contributed by atoms with Gasteiger partial charge in [0, 0.05) is 22.9 Å². The summed E-state index contributed by atoms with van der Waals surface area (Å²) in [4.78, 5) is 26.9. The molecule has 4 rings (SSSR count). The number of amides is 1. The van der Waals surface area contributed by atoms with Crippen LogP contribution in [0.25, 0.3) is 11.0 Å². The number of fused-ring (bicyclic) bond motifs is 1. The van der Waals surface area contributed by atoms with Gasteiger partial charge >= 0.3 is 5.63 Å². The Kier molecular flexibility index (Phi) is 5.12. The highest BCUT2D eigenvalue weighted by Gasteiger charge is 2.26. The van der Waals surface area contributed by atoms with Crippen LogP contribution in [0.3, 0.4) is 0 Å². The quantitative estimate of drug-likeness (QED) is 0.573. The molecule has 0 unspecified atom stereocenters. The predicted molar refractivity (Wildman–Crippen MR) is 109 cm³/mol. The van der Waals surface area contributed by atoms with E-state index >= 15 is 0 Å². The van der Waals surface area contributed by atoms with Gasteiger partial charge in [0.05, 0.1) is 0 Å². The average Bonchev–Trinajstić information content (AvgIpc) is 2.69. The van der Waals surface area contributed by atoms with Gasteiger partial charge < -0.3 is 9.32 Å². The summed E-state index contributed by atoms with van der Waals surface area (Å²) >= 11 is 3.41. The van der Waals surface area contributed by atoms with Crippen molar-refractivity contribution in [3.63, 3.8) is 0 Å². The first kappa shape index (κ1) is 18.0. The summed E-state index contributed by atoms with van der Waals surface area (Å²) in [6.07, 6.45) is 2.94. The fourth-order valence-corrected chi connectivity index (χ4v) is 4.08. The third-order valence-electron chi connectivity index (χ3n) is 5.19. The number of carbonyl (C=O) groups excluding carboxylic acids is 1. The predicted octanol–water partition coefficient (Wildman–Crippen LogP) is 4.65. The van der Waals surface area contributed by atoms with Crippen molar-refractivity contribution in [2.75, 3.05) is 13.1 Å². The van der Waals surface area contributed by atoms with Crippen molar-refractivity contribution in [3.8, 4) is 0 Å². The van der Waals surface area contributed by atoms with E-state index in [4.69, 9.17) is 4.42 Å². The van der Waals surface area contributed by atoms with Crippen LogP contribution in [-0.4, -0.2) is 23.9 Å². The summed E-state index contributed by atoms with van der Waals surface area (Å²) in [5.74, 6) is 0.337. The van der Waals surface area contributed by atoms with Crippen molar-refractivity contribution in [2.45, 2.75) is 19.3 Å². The van der Waals surface area contributed by atoms with Crippen molar-refractivity contribution in [1.82, 2.24) is 4.90 Å². The van der Waals surface area contributed by atoms with Gasteiger partial charge in [-0.3, -0.25) is 4.79 Å². The lowest BCUT2D eigenvalue weighted by Gasteiger charge is -2.32. The Morgan fingerprint density at radius 3 is 2.56 bits per heavy atom. The Labute approximate surface area is 165 Å². The third-order valence-corrected chi connectivity index (χ3v) is 5.69. The van der Waals surface area contributed by atoms with Crippen LogP contribution in [0.2, 0.25) is 0 Å².